The molecular weight excluding hydrogens is 204 g/mol. The Labute approximate surface area is 99.1 Å². The average Bonchev–Trinajstić information content (AvgIpc) is 2.58. The van der Waals surface area contributed by atoms with Gasteiger partial charge >= 0.3 is 0 Å². The summed E-state index contributed by atoms with van der Waals surface area (Å²) in [4.78, 5) is 2.39. The lowest BCUT2D eigenvalue weighted by Crippen LogP contribution is -2.47. The van der Waals surface area contributed by atoms with E-state index in [1.54, 1.807) is 0 Å². The molecule has 96 valence electrons. The Kier molecular flexibility index (Phi) is 5.69. The minimum atomic E-state index is 0.0994. The molecule has 16 heavy (non-hydrogen) atoms. The van der Waals surface area contributed by atoms with Gasteiger partial charge in [-0.1, -0.05) is 13.8 Å². The van der Waals surface area contributed by atoms with Crippen LogP contribution in [0.4, 0.5) is 0 Å². The fraction of sp³-hybridized carbons (Fsp3) is 1.00. The summed E-state index contributed by atoms with van der Waals surface area (Å²) in [6.45, 7) is 12.5. The molecule has 2 unspecified atom stereocenters. The van der Waals surface area contributed by atoms with Gasteiger partial charge in [0.25, 0.3) is 0 Å². The van der Waals surface area contributed by atoms with Crippen molar-refractivity contribution in [1.82, 2.24) is 4.90 Å². The molecule has 0 aliphatic carbocycles. The summed E-state index contributed by atoms with van der Waals surface area (Å²) in [5.74, 6) is 0. The molecule has 1 rings (SSSR count). The highest BCUT2D eigenvalue weighted by Crippen LogP contribution is 2.27. The molecule has 1 aliphatic heterocycles. The third kappa shape index (κ3) is 3.70. The van der Waals surface area contributed by atoms with Crippen molar-refractivity contribution >= 4 is 0 Å². The second-order valence-corrected chi connectivity index (χ2v) is 4.84. The maximum Gasteiger partial charge on any atom is 0.0624 e. The summed E-state index contributed by atoms with van der Waals surface area (Å²) >= 11 is 0. The first-order valence-corrected chi connectivity index (χ1v) is 6.25. The maximum absolute atomic E-state index is 6.09. The summed E-state index contributed by atoms with van der Waals surface area (Å²) in [7, 11) is 0. The predicted octanol–water partition coefficient (Wildman–Crippen LogP) is 0.709. The third-order valence-electron chi connectivity index (χ3n) is 3.41. The summed E-state index contributed by atoms with van der Waals surface area (Å²) in [5, 5.41) is 0. The van der Waals surface area contributed by atoms with Gasteiger partial charge in [0, 0.05) is 31.2 Å². The number of hydrogen-bond donors (Lipinski definition) is 1. The first-order valence-electron chi connectivity index (χ1n) is 6.25. The van der Waals surface area contributed by atoms with Crippen LogP contribution in [-0.4, -0.2) is 57.0 Å². The van der Waals surface area contributed by atoms with Crippen LogP contribution >= 0.6 is 0 Å². The molecule has 0 saturated carbocycles. The number of rotatable bonds is 7. The molecule has 0 spiro atoms. The molecule has 0 aromatic carbocycles. The van der Waals surface area contributed by atoms with Crippen molar-refractivity contribution in [2.45, 2.75) is 26.8 Å². The zero-order chi connectivity index (χ0) is 12.0. The van der Waals surface area contributed by atoms with Crippen LogP contribution in [-0.2, 0) is 9.47 Å². The number of hydrogen-bond acceptors (Lipinski definition) is 4. The molecule has 2 atom stereocenters. The van der Waals surface area contributed by atoms with Crippen LogP contribution in [0.2, 0.25) is 0 Å². The van der Waals surface area contributed by atoms with Crippen LogP contribution in [0.25, 0.3) is 0 Å². The van der Waals surface area contributed by atoms with E-state index in [0.717, 1.165) is 39.5 Å². The fourth-order valence-electron chi connectivity index (χ4n) is 2.09. The molecule has 0 aromatic rings. The van der Waals surface area contributed by atoms with Gasteiger partial charge in [-0.05, 0) is 13.5 Å². The average molecular weight is 230 g/mol. The Hall–Kier alpha value is -0.160. The van der Waals surface area contributed by atoms with Gasteiger partial charge in [0.1, 0.15) is 0 Å². The summed E-state index contributed by atoms with van der Waals surface area (Å²) < 4.78 is 10.8. The number of likely N-dealkylation sites (N-methyl/N-ethyl adjacent to an activating group) is 1. The van der Waals surface area contributed by atoms with Crippen molar-refractivity contribution in [3.63, 3.8) is 0 Å². The molecule has 2 N–H and O–H groups in total. The van der Waals surface area contributed by atoms with E-state index in [9.17, 15) is 0 Å². The lowest BCUT2D eigenvalue weighted by molar-refractivity contribution is 0.0827. The number of nitrogens with zero attached hydrogens (tertiary/aromatic N) is 1. The lowest BCUT2D eigenvalue weighted by atomic mass is 9.85. The highest BCUT2D eigenvalue weighted by molar-refractivity contribution is 4.92. The van der Waals surface area contributed by atoms with E-state index in [2.05, 4.69) is 18.7 Å². The van der Waals surface area contributed by atoms with Crippen molar-refractivity contribution in [3.05, 3.63) is 0 Å². The zero-order valence-corrected chi connectivity index (χ0v) is 10.9. The van der Waals surface area contributed by atoms with Crippen LogP contribution in [0.15, 0.2) is 0 Å². The first-order chi connectivity index (χ1) is 7.62. The minimum absolute atomic E-state index is 0.0994. The number of ether oxygens (including phenoxy) is 2. The monoisotopic (exact) mass is 230 g/mol. The van der Waals surface area contributed by atoms with Gasteiger partial charge in [-0.15, -0.1) is 0 Å². The second kappa shape index (κ2) is 6.55. The highest BCUT2D eigenvalue weighted by Gasteiger charge is 2.38. The molecule has 0 amide bonds. The van der Waals surface area contributed by atoms with E-state index < -0.39 is 0 Å². The molecule has 0 radical (unpaired) electrons. The van der Waals surface area contributed by atoms with Gasteiger partial charge in [-0.3, -0.25) is 0 Å². The van der Waals surface area contributed by atoms with Crippen LogP contribution in [0.5, 0.6) is 0 Å². The van der Waals surface area contributed by atoms with E-state index in [1.807, 2.05) is 6.92 Å². The Morgan fingerprint density at radius 3 is 2.75 bits per heavy atom. The van der Waals surface area contributed by atoms with Crippen LogP contribution in [0, 0.1) is 5.41 Å². The molecule has 0 aromatic heterocycles. The normalized spacial score (nSPS) is 30.2. The topological polar surface area (TPSA) is 47.7 Å². The number of nitrogens with two attached hydrogens (primary N) is 1. The van der Waals surface area contributed by atoms with E-state index in [4.69, 9.17) is 15.2 Å². The van der Waals surface area contributed by atoms with Gasteiger partial charge in [0.2, 0.25) is 0 Å². The Morgan fingerprint density at radius 1 is 1.50 bits per heavy atom. The third-order valence-corrected chi connectivity index (χ3v) is 3.41. The SMILES string of the molecule is CCOCCN(CC)CC1(C)COCC1N. The van der Waals surface area contributed by atoms with Crippen molar-refractivity contribution in [2.75, 3.05) is 46.1 Å². The molecule has 4 nitrogen and oxygen atoms in total. The van der Waals surface area contributed by atoms with Crippen molar-refractivity contribution in [1.29, 1.82) is 0 Å². The Morgan fingerprint density at radius 2 is 2.25 bits per heavy atom. The molecule has 4 heteroatoms. The Bertz CT molecular complexity index is 201. The molecular formula is C12H26N2O2. The van der Waals surface area contributed by atoms with Crippen LogP contribution in [0.1, 0.15) is 20.8 Å². The fourth-order valence-corrected chi connectivity index (χ4v) is 2.09. The lowest BCUT2D eigenvalue weighted by Gasteiger charge is -2.33. The zero-order valence-electron chi connectivity index (χ0n) is 10.9. The smallest absolute Gasteiger partial charge is 0.0624 e. The van der Waals surface area contributed by atoms with Gasteiger partial charge < -0.3 is 20.1 Å². The second-order valence-electron chi connectivity index (χ2n) is 4.84. The predicted molar refractivity (Wildman–Crippen MR) is 65.5 cm³/mol. The van der Waals surface area contributed by atoms with Crippen LogP contribution < -0.4 is 5.73 Å². The maximum atomic E-state index is 6.09. The standard InChI is InChI=1S/C12H26N2O2/c1-4-14(6-7-15-5-2)9-12(3)10-16-8-11(12)13/h11H,4-10,13H2,1-3H3. The first kappa shape index (κ1) is 13.9. The van der Waals surface area contributed by atoms with Crippen molar-refractivity contribution in [3.8, 4) is 0 Å². The highest BCUT2D eigenvalue weighted by atomic mass is 16.5. The molecule has 1 aliphatic rings. The summed E-state index contributed by atoms with van der Waals surface area (Å²) in [5.41, 5.74) is 6.19. The minimum Gasteiger partial charge on any atom is -0.380 e. The van der Waals surface area contributed by atoms with Gasteiger partial charge in [0.15, 0.2) is 0 Å². The van der Waals surface area contributed by atoms with Gasteiger partial charge in [-0.2, -0.15) is 0 Å². The van der Waals surface area contributed by atoms with E-state index in [0.29, 0.717) is 6.61 Å². The van der Waals surface area contributed by atoms with E-state index in [1.165, 1.54) is 0 Å². The Balaban J connectivity index is 2.36. The van der Waals surface area contributed by atoms with Crippen LogP contribution in [0.3, 0.4) is 0 Å². The van der Waals surface area contributed by atoms with Crippen molar-refractivity contribution < 1.29 is 9.47 Å². The molecule has 1 heterocycles. The molecule has 1 fully saturated rings. The van der Waals surface area contributed by atoms with E-state index in [-0.39, 0.29) is 11.5 Å². The largest absolute Gasteiger partial charge is 0.380 e. The molecule has 0 bridgehead atoms. The quantitative estimate of drug-likeness (QED) is 0.654. The van der Waals surface area contributed by atoms with Crippen molar-refractivity contribution in [2.24, 2.45) is 11.1 Å². The van der Waals surface area contributed by atoms with E-state index >= 15 is 0 Å². The summed E-state index contributed by atoms with van der Waals surface area (Å²) in [6, 6.07) is 0.161. The van der Waals surface area contributed by atoms with Gasteiger partial charge in [0.05, 0.1) is 19.8 Å². The van der Waals surface area contributed by atoms with Gasteiger partial charge in [-0.25, -0.2) is 0 Å². The molecule has 1 saturated heterocycles. The summed E-state index contributed by atoms with van der Waals surface area (Å²) in [6.07, 6.45) is 0.